The Labute approximate surface area is 203 Å². The quantitative estimate of drug-likeness (QED) is 0.611. The number of nitrogens with one attached hydrogen (secondary N) is 1. The lowest BCUT2D eigenvalue weighted by Gasteiger charge is -2.34. The average molecular weight is 478 g/mol. The lowest BCUT2D eigenvalue weighted by atomic mass is 10.2. The number of hydrogen-bond donors (Lipinski definition) is 1. The molecule has 1 fully saturated rings. The Hall–Kier alpha value is -3.98. The maximum atomic E-state index is 12.6. The SMILES string of the molecule is O=C(/C=C/c1ccc2c(c1)OCO2)NCCN1CCN(C(=O)/C=C/c2ccc3c(c2)OCO3)CC1. The Kier molecular flexibility index (Phi) is 6.85. The van der Waals surface area contributed by atoms with Gasteiger partial charge in [-0.15, -0.1) is 0 Å². The van der Waals surface area contributed by atoms with Crippen LogP contribution in [0, 0.1) is 0 Å². The molecule has 0 aromatic heterocycles. The van der Waals surface area contributed by atoms with Crippen LogP contribution in [-0.4, -0.2) is 74.5 Å². The van der Waals surface area contributed by atoms with Crippen LogP contribution >= 0.6 is 0 Å². The Bertz CT molecular complexity index is 1150. The van der Waals surface area contributed by atoms with Gasteiger partial charge in [0.15, 0.2) is 23.0 Å². The first-order valence-corrected chi connectivity index (χ1v) is 11.6. The number of hydrogen-bond acceptors (Lipinski definition) is 7. The van der Waals surface area contributed by atoms with Crippen LogP contribution in [0.15, 0.2) is 48.6 Å². The van der Waals surface area contributed by atoms with Gasteiger partial charge in [-0.1, -0.05) is 12.1 Å². The van der Waals surface area contributed by atoms with E-state index < -0.39 is 0 Å². The molecule has 0 atom stereocenters. The first kappa shape index (κ1) is 22.8. The fraction of sp³-hybridized carbons (Fsp3) is 0.308. The number of carbonyl (C=O) groups is 2. The van der Waals surface area contributed by atoms with Gasteiger partial charge in [-0.05, 0) is 47.5 Å². The van der Waals surface area contributed by atoms with Crippen LogP contribution in [0.4, 0.5) is 0 Å². The lowest BCUT2D eigenvalue weighted by molar-refractivity contribution is -0.127. The van der Waals surface area contributed by atoms with Gasteiger partial charge in [-0.2, -0.15) is 0 Å². The maximum absolute atomic E-state index is 12.6. The number of piperazine rings is 1. The third kappa shape index (κ3) is 5.75. The molecule has 3 heterocycles. The molecule has 0 bridgehead atoms. The number of rotatable bonds is 7. The van der Waals surface area contributed by atoms with Gasteiger partial charge >= 0.3 is 0 Å². The summed E-state index contributed by atoms with van der Waals surface area (Å²) in [7, 11) is 0. The fourth-order valence-corrected chi connectivity index (χ4v) is 4.07. The van der Waals surface area contributed by atoms with Crippen LogP contribution in [-0.2, 0) is 9.59 Å². The third-order valence-electron chi connectivity index (χ3n) is 6.05. The lowest BCUT2D eigenvalue weighted by Crippen LogP contribution is -2.49. The highest BCUT2D eigenvalue weighted by molar-refractivity contribution is 5.92. The highest BCUT2D eigenvalue weighted by Gasteiger charge is 2.19. The molecule has 0 saturated carbocycles. The molecule has 2 aromatic carbocycles. The fourth-order valence-electron chi connectivity index (χ4n) is 4.07. The number of fused-ring (bicyclic) bond motifs is 2. The highest BCUT2D eigenvalue weighted by atomic mass is 16.7. The van der Waals surface area contributed by atoms with E-state index in [-0.39, 0.29) is 25.4 Å². The molecule has 0 aliphatic carbocycles. The summed E-state index contributed by atoms with van der Waals surface area (Å²) in [6.07, 6.45) is 6.66. The van der Waals surface area contributed by atoms with Crippen LogP contribution in [0.1, 0.15) is 11.1 Å². The number of nitrogens with zero attached hydrogens (tertiary/aromatic N) is 2. The molecule has 1 saturated heterocycles. The zero-order valence-corrected chi connectivity index (χ0v) is 19.3. The second-order valence-electron chi connectivity index (χ2n) is 8.35. The van der Waals surface area contributed by atoms with Gasteiger partial charge in [-0.3, -0.25) is 14.5 Å². The van der Waals surface area contributed by atoms with Crippen molar-refractivity contribution in [1.29, 1.82) is 0 Å². The van der Waals surface area contributed by atoms with Crippen molar-refractivity contribution in [2.24, 2.45) is 0 Å². The summed E-state index contributed by atoms with van der Waals surface area (Å²) in [6, 6.07) is 11.2. The molecule has 9 nitrogen and oxygen atoms in total. The van der Waals surface area contributed by atoms with Crippen molar-refractivity contribution in [3.8, 4) is 23.0 Å². The topological polar surface area (TPSA) is 89.6 Å². The Morgan fingerprint density at radius 2 is 1.34 bits per heavy atom. The normalized spacial score (nSPS) is 16.9. The van der Waals surface area contributed by atoms with Gasteiger partial charge in [0, 0.05) is 51.4 Å². The summed E-state index contributed by atoms with van der Waals surface area (Å²) in [4.78, 5) is 28.8. The standard InChI is InChI=1S/C26H27N3O6/c30-25(7-3-19-1-5-21-23(15-19)34-17-32-21)27-9-10-28-11-13-29(14-12-28)26(31)8-4-20-2-6-22-24(16-20)35-18-33-22/h1-8,15-16H,9-14,17-18H2,(H,27,30)/b7-3+,8-4+. The van der Waals surface area contributed by atoms with Crippen molar-refractivity contribution < 1.29 is 28.5 Å². The molecule has 0 radical (unpaired) electrons. The summed E-state index contributed by atoms with van der Waals surface area (Å²) < 4.78 is 21.3. The molecule has 2 amide bonds. The number of amides is 2. The van der Waals surface area contributed by atoms with E-state index in [0.717, 1.165) is 36.5 Å². The highest BCUT2D eigenvalue weighted by Crippen LogP contribution is 2.33. The van der Waals surface area contributed by atoms with E-state index in [2.05, 4.69) is 10.2 Å². The van der Waals surface area contributed by atoms with Crippen LogP contribution in [0.2, 0.25) is 0 Å². The van der Waals surface area contributed by atoms with Gasteiger partial charge in [0.1, 0.15) is 0 Å². The number of ether oxygens (including phenoxy) is 4. The molecule has 3 aliphatic heterocycles. The molecule has 3 aliphatic rings. The van der Waals surface area contributed by atoms with E-state index in [1.807, 2.05) is 41.3 Å². The second-order valence-corrected chi connectivity index (χ2v) is 8.35. The number of benzene rings is 2. The van der Waals surface area contributed by atoms with Gasteiger partial charge in [0.05, 0.1) is 0 Å². The van der Waals surface area contributed by atoms with Crippen molar-refractivity contribution >= 4 is 24.0 Å². The summed E-state index contributed by atoms with van der Waals surface area (Å²) >= 11 is 0. The molecule has 1 N–H and O–H groups in total. The van der Waals surface area contributed by atoms with Crippen molar-refractivity contribution in [2.45, 2.75) is 0 Å². The minimum atomic E-state index is -0.148. The van der Waals surface area contributed by atoms with E-state index >= 15 is 0 Å². The summed E-state index contributed by atoms with van der Waals surface area (Å²) in [5.74, 6) is 2.67. The third-order valence-corrected chi connectivity index (χ3v) is 6.05. The van der Waals surface area contributed by atoms with Gasteiger partial charge < -0.3 is 29.2 Å². The van der Waals surface area contributed by atoms with E-state index in [1.165, 1.54) is 6.08 Å². The number of carbonyl (C=O) groups excluding carboxylic acids is 2. The van der Waals surface area contributed by atoms with Gasteiger partial charge in [0.25, 0.3) is 0 Å². The predicted octanol–water partition coefficient (Wildman–Crippen LogP) is 2.13. The minimum Gasteiger partial charge on any atom is -0.454 e. The first-order valence-electron chi connectivity index (χ1n) is 11.6. The van der Waals surface area contributed by atoms with Gasteiger partial charge in [-0.25, -0.2) is 0 Å². The molecule has 35 heavy (non-hydrogen) atoms. The van der Waals surface area contributed by atoms with Crippen molar-refractivity contribution in [1.82, 2.24) is 15.1 Å². The van der Waals surface area contributed by atoms with E-state index in [9.17, 15) is 9.59 Å². The predicted molar refractivity (Wildman–Crippen MR) is 129 cm³/mol. The van der Waals surface area contributed by atoms with Crippen molar-refractivity contribution in [3.63, 3.8) is 0 Å². The van der Waals surface area contributed by atoms with Crippen LogP contribution in [0.25, 0.3) is 12.2 Å². The molecule has 182 valence electrons. The zero-order valence-electron chi connectivity index (χ0n) is 19.3. The summed E-state index contributed by atoms with van der Waals surface area (Å²) in [5, 5.41) is 2.91. The largest absolute Gasteiger partial charge is 0.454 e. The zero-order chi connectivity index (χ0) is 24.0. The molecule has 0 spiro atoms. The van der Waals surface area contributed by atoms with Crippen molar-refractivity contribution in [3.05, 3.63) is 59.7 Å². The molecule has 2 aromatic rings. The summed E-state index contributed by atoms with van der Waals surface area (Å²) in [5.41, 5.74) is 1.77. The molecule has 5 rings (SSSR count). The van der Waals surface area contributed by atoms with Crippen LogP contribution < -0.4 is 24.3 Å². The molecule has 0 unspecified atom stereocenters. The minimum absolute atomic E-state index is 0.00993. The van der Waals surface area contributed by atoms with E-state index in [0.29, 0.717) is 36.9 Å². The van der Waals surface area contributed by atoms with E-state index in [1.54, 1.807) is 18.2 Å². The Morgan fingerprint density at radius 3 is 1.97 bits per heavy atom. The Morgan fingerprint density at radius 1 is 0.771 bits per heavy atom. The smallest absolute Gasteiger partial charge is 0.246 e. The van der Waals surface area contributed by atoms with Crippen LogP contribution in [0.5, 0.6) is 23.0 Å². The Balaban J connectivity index is 1.01. The average Bonchev–Trinajstić information content (AvgIpc) is 3.55. The monoisotopic (exact) mass is 477 g/mol. The molecular weight excluding hydrogens is 450 g/mol. The van der Waals surface area contributed by atoms with Gasteiger partial charge in [0.2, 0.25) is 25.4 Å². The molecular formula is C26H27N3O6. The van der Waals surface area contributed by atoms with Crippen molar-refractivity contribution in [2.75, 3.05) is 52.9 Å². The van der Waals surface area contributed by atoms with Crippen LogP contribution in [0.3, 0.4) is 0 Å². The van der Waals surface area contributed by atoms with E-state index in [4.69, 9.17) is 18.9 Å². The first-order chi connectivity index (χ1) is 17.1. The maximum Gasteiger partial charge on any atom is 0.246 e. The second kappa shape index (κ2) is 10.5. The summed E-state index contributed by atoms with van der Waals surface area (Å²) in [6.45, 7) is 4.58. The molecule has 9 heteroatoms.